The summed E-state index contributed by atoms with van der Waals surface area (Å²) >= 11 is 3.73. The molecule has 0 aromatic heterocycles. The third kappa shape index (κ3) is 2.04. The summed E-state index contributed by atoms with van der Waals surface area (Å²) in [5.41, 5.74) is 11.0. The van der Waals surface area contributed by atoms with E-state index in [0.717, 1.165) is 6.42 Å². The first kappa shape index (κ1) is 13.8. The molecule has 0 atom stereocenters. The molecule has 0 bridgehead atoms. The van der Waals surface area contributed by atoms with E-state index in [-0.39, 0.29) is 0 Å². The lowest BCUT2D eigenvalue weighted by molar-refractivity contribution is 1.19. The molecule has 108 valence electrons. The molecule has 0 radical (unpaired) electrons. The number of benzene rings is 3. The summed E-state index contributed by atoms with van der Waals surface area (Å²) in [6.07, 6.45) is 1.04. The Morgan fingerprint density at radius 2 is 1.59 bits per heavy atom. The molecule has 0 fully saturated rings. The zero-order valence-corrected chi connectivity index (χ0v) is 14.4. The van der Waals surface area contributed by atoms with Crippen molar-refractivity contribution in [3.63, 3.8) is 0 Å². The lowest BCUT2D eigenvalue weighted by Crippen LogP contribution is -1.90. The van der Waals surface area contributed by atoms with Gasteiger partial charge < -0.3 is 0 Å². The van der Waals surface area contributed by atoms with Crippen LogP contribution in [0.2, 0.25) is 0 Å². The third-order valence-corrected chi connectivity index (χ3v) is 5.90. The van der Waals surface area contributed by atoms with E-state index in [2.05, 4.69) is 84.4 Å². The molecule has 0 nitrogen and oxygen atoms in total. The summed E-state index contributed by atoms with van der Waals surface area (Å²) in [6, 6.07) is 19.8. The van der Waals surface area contributed by atoms with Gasteiger partial charge in [-0.1, -0.05) is 64.5 Å². The highest BCUT2D eigenvalue weighted by Gasteiger charge is 2.22. The van der Waals surface area contributed by atoms with Gasteiger partial charge in [-0.3, -0.25) is 0 Å². The lowest BCUT2D eigenvalue weighted by atomic mass is 9.98. The molecule has 0 aliphatic heterocycles. The quantitative estimate of drug-likeness (QED) is 0.378. The molecule has 0 unspecified atom stereocenters. The normalized spacial score (nSPS) is 12.1. The molecule has 1 aliphatic rings. The number of fused-ring (bicyclic) bond motifs is 3. The van der Waals surface area contributed by atoms with Crippen LogP contribution in [0.5, 0.6) is 0 Å². The van der Waals surface area contributed by atoms with Gasteiger partial charge in [-0.25, -0.2) is 0 Å². The Balaban J connectivity index is 1.86. The largest absolute Gasteiger partial charge is 0.0622 e. The second-order valence-corrected chi connectivity index (χ2v) is 6.87. The van der Waals surface area contributed by atoms with Gasteiger partial charge in [0.2, 0.25) is 0 Å². The van der Waals surface area contributed by atoms with Crippen LogP contribution in [0, 0.1) is 13.8 Å². The predicted octanol–water partition coefficient (Wildman–Crippen LogP) is 6.30. The summed E-state index contributed by atoms with van der Waals surface area (Å²) in [5.74, 6) is 0. The monoisotopic (exact) mass is 348 g/mol. The average Bonchev–Trinajstić information content (AvgIpc) is 2.91. The first-order chi connectivity index (χ1) is 10.6. The van der Waals surface area contributed by atoms with Gasteiger partial charge in [0, 0.05) is 4.47 Å². The summed E-state index contributed by atoms with van der Waals surface area (Å²) < 4.78 is 1.25. The van der Waals surface area contributed by atoms with Crippen LogP contribution in [0.25, 0.3) is 22.3 Å². The van der Waals surface area contributed by atoms with E-state index in [9.17, 15) is 0 Å². The van der Waals surface area contributed by atoms with Gasteiger partial charge in [0.1, 0.15) is 0 Å². The van der Waals surface area contributed by atoms with Crippen LogP contribution >= 0.6 is 15.9 Å². The van der Waals surface area contributed by atoms with Gasteiger partial charge in [0.15, 0.2) is 0 Å². The van der Waals surface area contributed by atoms with Crippen LogP contribution in [-0.4, -0.2) is 0 Å². The molecule has 0 amide bonds. The standard InChI is InChI=1S/C21H17Br/c1-13-10-20-18-9-8-16(15-6-4-3-5-7-15)11-17(18)12-19(20)14(2)21(13)22/h3-11H,12H2,1-2H3. The fraction of sp³-hybridized carbons (Fsp3) is 0.143. The maximum absolute atomic E-state index is 3.73. The Hall–Kier alpha value is -1.86. The molecule has 1 aliphatic carbocycles. The van der Waals surface area contributed by atoms with Crippen molar-refractivity contribution in [2.75, 3.05) is 0 Å². The van der Waals surface area contributed by atoms with Crippen LogP contribution in [0.3, 0.4) is 0 Å². The minimum absolute atomic E-state index is 1.04. The molecule has 22 heavy (non-hydrogen) atoms. The highest BCUT2D eigenvalue weighted by molar-refractivity contribution is 9.10. The van der Waals surface area contributed by atoms with Crippen LogP contribution < -0.4 is 0 Å². The summed E-state index contributed by atoms with van der Waals surface area (Å²) in [7, 11) is 0. The van der Waals surface area contributed by atoms with Crippen molar-refractivity contribution in [3.8, 4) is 22.3 Å². The summed E-state index contributed by atoms with van der Waals surface area (Å²) in [6.45, 7) is 4.40. The molecule has 3 aromatic rings. The Bertz CT molecular complexity index is 876. The molecule has 1 heteroatoms. The fourth-order valence-corrected chi connectivity index (χ4v) is 3.82. The molecular weight excluding hydrogens is 332 g/mol. The van der Waals surface area contributed by atoms with E-state index in [1.807, 2.05) is 0 Å². The maximum atomic E-state index is 3.73. The van der Waals surface area contributed by atoms with Crippen molar-refractivity contribution in [2.45, 2.75) is 20.3 Å². The smallest absolute Gasteiger partial charge is 0.0236 e. The van der Waals surface area contributed by atoms with E-state index in [1.54, 1.807) is 0 Å². The van der Waals surface area contributed by atoms with Crippen molar-refractivity contribution < 1.29 is 0 Å². The van der Waals surface area contributed by atoms with Crippen molar-refractivity contribution in [1.29, 1.82) is 0 Å². The zero-order valence-electron chi connectivity index (χ0n) is 12.8. The topological polar surface area (TPSA) is 0 Å². The van der Waals surface area contributed by atoms with E-state index in [1.165, 1.54) is 49.0 Å². The minimum Gasteiger partial charge on any atom is -0.0622 e. The SMILES string of the molecule is Cc1cc2c(c(C)c1Br)Cc1cc(-c3ccccc3)ccc1-2. The predicted molar refractivity (Wildman–Crippen MR) is 97.3 cm³/mol. The van der Waals surface area contributed by atoms with Gasteiger partial charge in [-0.2, -0.15) is 0 Å². The molecule has 3 aromatic carbocycles. The first-order valence-corrected chi connectivity index (χ1v) is 8.42. The molecule has 0 N–H and O–H groups in total. The molecule has 0 saturated heterocycles. The number of aryl methyl sites for hydroxylation is 1. The highest BCUT2D eigenvalue weighted by Crippen LogP contribution is 2.42. The van der Waals surface area contributed by atoms with Gasteiger partial charge in [0.05, 0.1) is 0 Å². The van der Waals surface area contributed by atoms with E-state index < -0.39 is 0 Å². The van der Waals surface area contributed by atoms with Crippen molar-refractivity contribution >= 4 is 15.9 Å². The van der Waals surface area contributed by atoms with E-state index in [0.29, 0.717) is 0 Å². The molecular formula is C21H17Br. The average molecular weight is 349 g/mol. The molecule has 0 heterocycles. The van der Waals surface area contributed by atoms with E-state index >= 15 is 0 Å². The summed E-state index contributed by atoms with van der Waals surface area (Å²) in [5, 5.41) is 0. The first-order valence-electron chi connectivity index (χ1n) is 7.62. The molecule has 4 rings (SSSR count). The van der Waals surface area contributed by atoms with Crippen LogP contribution in [0.4, 0.5) is 0 Å². The molecule has 0 spiro atoms. The van der Waals surface area contributed by atoms with Crippen molar-refractivity contribution in [2.24, 2.45) is 0 Å². The minimum atomic E-state index is 1.04. The van der Waals surface area contributed by atoms with Crippen molar-refractivity contribution in [3.05, 3.63) is 81.3 Å². The zero-order chi connectivity index (χ0) is 15.3. The Morgan fingerprint density at radius 1 is 0.818 bits per heavy atom. The number of halogens is 1. The third-order valence-electron chi connectivity index (χ3n) is 4.68. The van der Waals surface area contributed by atoms with Crippen LogP contribution in [0.15, 0.2) is 59.1 Å². The van der Waals surface area contributed by atoms with E-state index in [4.69, 9.17) is 0 Å². The van der Waals surface area contributed by atoms with Gasteiger partial charge in [-0.15, -0.1) is 0 Å². The van der Waals surface area contributed by atoms with Crippen LogP contribution in [-0.2, 0) is 6.42 Å². The Labute approximate surface area is 140 Å². The van der Waals surface area contributed by atoms with Gasteiger partial charge >= 0.3 is 0 Å². The van der Waals surface area contributed by atoms with Gasteiger partial charge in [0.25, 0.3) is 0 Å². The second-order valence-electron chi connectivity index (χ2n) is 6.07. The Morgan fingerprint density at radius 3 is 2.36 bits per heavy atom. The molecule has 0 saturated carbocycles. The number of hydrogen-bond acceptors (Lipinski definition) is 0. The second kappa shape index (κ2) is 5.10. The van der Waals surface area contributed by atoms with Crippen LogP contribution in [0.1, 0.15) is 22.3 Å². The van der Waals surface area contributed by atoms with Crippen molar-refractivity contribution in [1.82, 2.24) is 0 Å². The lowest BCUT2D eigenvalue weighted by Gasteiger charge is -2.10. The Kier molecular flexibility index (Phi) is 3.19. The fourth-order valence-electron chi connectivity index (χ4n) is 3.47. The maximum Gasteiger partial charge on any atom is 0.0236 e. The van der Waals surface area contributed by atoms with Gasteiger partial charge in [-0.05, 0) is 70.8 Å². The number of rotatable bonds is 1. The highest BCUT2D eigenvalue weighted by atomic mass is 79.9. The number of hydrogen-bond donors (Lipinski definition) is 0. The summed E-state index contributed by atoms with van der Waals surface area (Å²) in [4.78, 5) is 0.